The highest BCUT2D eigenvalue weighted by molar-refractivity contribution is 5.82. The quantitative estimate of drug-likeness (QED) is 0.596. The third-order valence-electron chi connectivity index (χ3n) is 6.90. The van der Waals surface area contributed by atoms with Gasteiger partial charge in [0.2, 0.25) is 5.91 Å². The van der Waals surface area contributed by atoms with Gasteiger partial charge in [-0.1, -0.05) is 12.1 Å². The van der Waals surface area contributed by atoms with Gasteiger partial charge in [0.1, 0.15) is 11.6 Å². The molecule has 0 radical (unpaired) electrons. The van der Waals surface area contributed by atoms with Gasteiger partial charge >= 0.3 is 0 Å². The fraction of sp³-hybridized carbons (Fsp3) is 0.360. The van der Waals surface area contributed by atoms with Crippen LogP contribution in [0.4, 0.5) is 8.78 Å². The van der Waals surface area contributed by atoms with E-state index in [-0.39, 0.29) is 23.0 Å². The number of nitrogens with zero attached hydrogens (tertiary/aromatic N) is 2. The predicted molar refractivity (Wildman–Crippen MR) is 112 cm³/mol. The lowest BCUT2D eigenvalue weighted by atomic mass is 9.64. The summed E-state index contributed by atoms with van der Waals surface area (Å²) in [6, 6.07) is 13.0. The van der Waals surface area contributed by atoms with E-state index in [1.165, 1.54) is 23.8 Å². The number of likely N-dealkylation sites (tertiary alicyclic amines) is 1. The Hall–Kier alpha value is -2.82. The topological polar surface area (TPSA) is 33.2 Å². The first-order valence-electron chi connectivity index (χ1n) is 10.6. The van der Waals surface area contributed by atoms with Crippen LogP contribution in [0.2, 0.25) is 0 Å². The Morgan fingerprint density at radius 3 is 2.43 bits per heavy atom. The van der Waals surface area contributed by atoms with Crippen molar-refractivity contribution in [1.82, 2.24) is 9.88 Å². The summed E-state index contributed by atoms with van der Waals surface area (Å²) in [4.78, 5) is 18.9. The zero-order chi connectivity index (χ0) is 20.7. The summed E-state index contributed by atoms with van der Waals surface area (Å²) in [6.45, 7) is 1.62. The molecule has 3 aromatic rings. The highest BCUT2D eigenvalue weighted by Gasteiger charge is 2.46. The van der Waals surface area contributed by atoms with Crippen LogP contribution < -0.4 is 0 Å². The lowest BCUT2D eigenvalue weighted by Crippen LogP contribution is -2.59. The number of carbonyl (C=O) groups is 1. The molecule has 3 nitrogen and oxygen atoms in total. The van der Waals surface area contributed by atoms with Gasteiger partial charge in [0.15, 0.2) is 0 Å². The molecule has 2 fully saturated rings. The third-order valence-corrected chi connectivity index (χ3v) is 6.90. The van der Waals surface area contributed by atoms with Crippen molar-refractivity contribution in [2.75, 3.05) is 13.1 Å². The number of hydrogen-bond acceptors (Lipinski definition) is 2. The average molecular weight is 406 g/mol. The van der Waals surface area contributed by atoms with Gasteiger partial charge in [0.25, 0.3) is 0 Å². The van der Waals surface area contributed by atoms with Crippen LogP contribution >= 0.6 is 0 Å². The summed E-state index contributed by atoms with van der Waals surface area (Å²) >= 11 is 0. The first-order chi connectivity index (χ1) is 14.5. The Balaban J connectivity index is 1.21. The number of hydrogen-bond donors (Lipinski definition) is 0. The number of halogens is 2. The summed E-state index contributed by atoms with van der Waals surface area (Å²) in [6.07, 6.45) is 6.41. The van der Waals surface area contributed by atoms with Crippen molar-refractivity contribution in [2.45, 2.75) is 38.0 Å². The number of amides is 1. The fourth-order valence-electron chi connectivity index (χ4n) is 5.18. The molecule has 2 aromatic carbocycles. The second kappa shape index (κ2) is 7.46. The van der Waals surface area contributed by atoms with E-state index < -0.39 is 0 Å². The molecule has 1 aliphatic carbocycles. The summed E-state index contributed by atoms with van der Waals surface area (Å²) in [5.74, 6) is 0.0192. The van der Waals surface area contributed by atoms with Crippen LogP contribution in [0.1, 0.15) is 42.7 Å². The summed E-state index contributed by atoms with van der Waals surface area (Å²) < 4.78 is 26.8. The molecule has 0 atom stereocenters. The fourth-order valence-corrected chi connectivity index (χ4v) is 5.18. The number of benzene rings is 2. The largest absolute Gasteiger partial charge is 0.341 e. The van der Waals surface area contributed by atoms with Gasteiger partial charge in [-0.2, -0.15) is 0 Å². The van der Waals surface area contributed by atoms with Gasteiger partial charge in [-0.05, 0) is 79.1 Å². The van der Waals surface area contributed by atoms with E-state index in [1.807, 2.05) is 17.2 Å². The SMILES string of the molecule is O=C(Cc1ccc(F)cc1)N1CC2(CCC(c3ccnc4ccc(F)cc34)CC2)C1. The normalized spacial score (nSPS) is 18.5. The number of rotatable bonds is 3. The molecule has 0 bridgehead atoms. The minimum atomic E-state index is -0.282. The maximum Gasteiger partial charge on any atom is 0.227 e. The van der Waals surface area contributed by atoms with E-state index in [4.69, 9.17) is 0 Å². The predicted octanol–water partition coefficient (Wildman–Crippen LogP) is 5.24. The molecule has 1 aromatic heterocycles. The molecule has 1 saturated heterocycles. The Labute approximate surface area is 174 Å². The van der Waals surface area contributed by atoms with Gasteiger partial charge in [-0.25, -0.2) is 8.78 Å². The lowest BCUT2D eigenvalue weighted by Gasteiger charge is -2.53. The Morgan fingerprint density at radius 1 is 1.00 bits per heavy atom. The maximum absolute atomic E-state index is 13.8. The van der Waals surface area contributed by atoms with Gasteiger partial charge in [-0.15, -0.1) is 0 Å². The second-order valence-corrected chi connectivity index (χ2v) is 8.89. The van der Waals surface area contributed by atoms with Crippen LogP contribution in [0, 0.1) is 17.0 Å². The van der Waals surface area contributed by atoms with E-state index in [0.717, 1.165) is 55.2 Å². The zero-order valence-corrected chi connectivity index (χ0v) is 16.8. The van der Waals surface area contributed by atoms with Crippen LogP contribution in [-0.2, 0) is 11.2 Å². The molecule has 1 spiro atoms. The highest BCUT2D eigenvalue weighted by atomic mass is 19.1. The number of pyridine rings is 1. The van der Waals surface area contributed by atoms with E-state index >= 15 is 0 Å². The van der Waals surface area contributed by atoms with Crippen molar-refractivity contribution < 1.29 is 13.6 Å². The van der Waals surface area contributed by atoms with Crippen molar-refractivity contribution in [3.63, 3.8) is 0 Å². The standard InChI is InChI=1S/C25H24F2N2O/c26-19-3-1-17(2-4-19)13-24(30)29-15-25(16-29)10-7-18(8-11-25)21-9-12-28-23-6-5-20(27)14-22(21)23/h1-6,9,12,14,18H,7-8,10-11,13,15-16H2. The summed E-state index contributed by atoms with van der Waals surface area (Å²) in [5.41, 5.74) is 3.11. The molecule has 0 N–H and O–H groups in total. The second-order valence-electron chi connectivity index (χ2n) is 8.89. The van der Waals surface area contributed by atoms with E-state index in [9.17, 15) is 13.6 Å². The maximum atomic E-state index is 13.8. The molecule has 30 heavy (non-hydrogen) atoms. The average Bonchev–Trinajstić information content (AvgIpc) is 2.73. The lowest BCUT2D eigenvalue weighted by molar-refractivity contribution is -0.145. The van der Waals surface area contributed by atoms with Crippen LogP contribution in [0.15, 0.2) is 54.7 Å². The van der Waals surface area contributed by atoms with Gasteiger partial charge in [0, 0.05) is 30.1 Å². The molecular weight excluding hydrogens is 382 g/mol. The summed E-state index contributed by atoms with van der Waals surface area (Å²) in [5, 5.41) is 0.920. The first-order valence-corrected chi connectivity index (χ1v) is 10.6. The molecule has 0 unspecified atom stereocenters. The van der Waals surface area contributed by atoms with Crippen LogP contribution in [0.3, 0.4) is 0 Å². The molecule has 5 heteroatoms. The third kappa shape index (κ3) is 3.57. The van der Waals surface area contributed by atoms with Gasteiger partial charge in [0.05, 0.1) is 11.9 Å². The van der Waals surface area contributed by atoms with E-state index in [1.54, 1.807) is 24.3 Å². The van der Waals surface area contributed by atoms with Crippen molar-refractivity contribution in [2.24, 2.45) is 5.41 Å². The first kappa shape index (κ1) is 19.2. The molecular formula is C25H24F2N2O. The van der Waals surface area contributed by atoms with Crippen molar-refractivity contribution >= 4 is 16.8 Å². The van der Waals surface area contributed by atoms with Gasteiger partial charge < -0.3 is 4.90 Å². The van der Waals surface area contributed by atoms with E-state index in [0.29, 0.717) is 12.3 Å². The molecule has 5 rings (SSSR count). The molecule has 2 heterocycles. The Morgan fingerprint density at radius 2 is 1.70 bits per heavy atom. The number of aromatic nitrogens is 1. The Kier molecular flexibility index (Phi) is 4.76. The van der Waals surface area contributed by atoms with Gasteiger partial charge in [-0.3, -0.25) is 9.78 Å². The number of fused-ring (bicyclic) bond motifs is 1. The highest BCUT2D eigenvalue weighted by Crippen LogP contribution is 2.49. The van der Waals surface area contributed by atoms with Crippen LogP contribution in [0.5, 0.6) is 0 Å². The summed E-state index contributed by atoms with van der Waals surface area (Å²) in [7, 11) is 0. The minimum Gasteiger partial charge on any atom is -0.341 e. The molecule has 154 valence electrons. The molecule has 2 aliphatic rings. The van der Waals surface area contributed by atoms with Crippen molar-refractivity contribution in [3.8, 4) is 0 Å². The molecule has 1 amide bonds. The monoisotopic (exact) mass is 406 g/mol. The van der Waals surface area contributed by atoms with Crippen LogP contribution in [0.25, 0.3) is 10.9 Å². The Bertz CT molecular complexity index is 1080. The molecule has 1 aliphatic heterocycles. The van der Waals surface area contributed by atoms with Crippen molar-refractivity contribution in [1.29, 1.82) is 0 Å². The number of carbonyl (C=O) groups excluding carboxylic acids is 1. The van der Waals surface area contributed by atoms with Crippen LogP contribution in [-0.4, -0.2) is 28.9 Å². The molecule has 1 saturated carbocycles. The smallest absolute Gasteiger partial charge is 0.227 e. The van der Waals surface area contributed by atoms with E-state index in [2.05, 4.69) is 4.98 Å². The minimum absolute atomic E-state index is 0.116. The zero-order valence-electron chi connectivity index (χ0n) is 16.8. The van der Waals surface area contributed by atoms with Crippen molar-refractivity contribution in [3.05, 3.63) is 77.5 Å².